The van der Waals surface area contributed by atoms with E-state index in [9.17, 15) is 9.90 Å². The lowest BCUT2D eigenvalue weighted by Crippen LogP contribution is -2.17. The Bertz CT molecular complexity index is 513. The van der Waals surface area contributed by atoms with Crippen LogP contribution in [0.2, 0.25) is 0 Å². The van der Waals surface area contributed by atoms with E-state index in [1.54, 1.807) is 0 Å². The zero-order valence-electron chi connectivity index (χ0n) is 12.8. The first-order valence-corrected chi connectivity index (χ1v) is 8.14. The van der Waals surface area contributed by atoms with Gasteiger partial charge in [0.1, 0.15) is 0 Å². The molecule has 5 heteroatoms. The van der Waals surface area contributed by atoms with Crippen LogP contribution in [0.25, 0.3) is 0 Å². The van der Waals surface area contributed by atoms with Crippen LogP contribution < -0.4 is 0 Å². The summed E-state index contributed by atoms with van der Waals surface area (Å²) in [5, 5.41) is 13.5. The molecule has 5 atom stereocenters. The summed E-state index contributed by atoms with van der Waals surface area (Å²) in [5.74, 6) is 1.69. The molecule has 0 saturated heterocycles. The number of carbonyl (C=O) groups is 1. The predicted octanol–water partition coefficient (Wildman–Crippen LogP) is 3.58. The number of aliphatic carboxylic acids is 1. The summed E-state index contributed by atoms with van der Waals surface area (Å²) in [4.78, 5) is 16.0. The molecule has 21 heavy (non-hydrogen) atoms. The second kappa shape index (κ2) is 5.78. The summed E-state index contributed by atoms with van der Waals surface area (Å²) >= 11 is 0. The summed E-state index contributed by atoms with van der Waals surface area (Å²) in [6, 6.07) is 0. The fraction of sp³-hybridized carbons (Fsp3) is 0.812. The zero-order valence-corrected chi connectivity index (χ0v) is 12.8. The van der Waals surface area contributed by atoms with Crippen molar-refractivity contribution in [3.8, 4) is 0 Å². The molecule has 5 unspecified atom stereocenters. The highest BCUT2D eigenvalue weighted by Crippen LogP contribution is 2.44. The van der Waals surface area contributed by atoms with Crippen LogP contribution in [0.4, 0.5) is 0 Å². The maximum Gasteiger partial charge on any atom is 0.307 e. The average molecular weight is 292 g/mol. The van der Waals surface area contributed by atoms with Gasteiger partial charge in [0.15, 0.2) is 5.82 Å². The molecule has 0 amide bonds. The van der Waals surface area contributed by atoms with Crippen LogP contribution in [-0.2, 0) is 4.79 Å². The third-order valence-corrected chi connectivity index (χ3v) is 5.37. The largest absolute Gasteiger partial charge is 0.481 e. The molecule has 116 valence electrons. The van der Waals surface area contributed by atoms with E-state index < -0.39 is 5.97 Å². The molecule has 1 N–H and O–H groups in total. The van der Waals surface area contributed by atoms with Crippen LogP contribution in [-0.4, -0.2) is 21.2 Å². The van der Waals surface area contributed by atoms with Gasteiger partial charge in [-0.05, 0) is 43.9 Å². The first-order chi connectivity index (χ1) is 10.1. The van der Waals surface area contributed by atoms with Crippen LogP contribution >= 0.6 is 0 Å². The van der Waals surface area contributed by atoms with E-state index in [0.29, 0.717) is 24.1 Å². The maximum atomic E-state index is 11.4. The van der Waals surface area contributed by atoms with Gasteiger partial charge in [0.2, 0.25) is 5.89 Å². The lowest BCUT2D eigenvalue weighted by Gasteiger charge is -2.10. The highest BCUT2D eigenvalue weighted by molar-refractivity contribution is 5.71. The molecule has 1 aromatic rings. The minimum absolute atomic E-state index is 0.109. The van der Waals surface area contributed by atoms with Gasteiger partial charge >= 0.3 is 5.97 Å². The van der Waals surface area contributed by atoms with Gasteiger partial charge in [-0.3, -0.25) is 4.79 Å². The van der Waals surface area contributed by atoms with Crippen molar-refractivity contribution < 1.29 is 14.4 Å². The number of nitrogens with zero attached hydrogens (tertiary/aromatic N) is 2. The first kappa shape index (κ1) is 14.5. The molecule has 1 heterocycles. The van der Waals surface area contributed by atoms with E-state index in [4.69, 9.17) is 4.52 Å². The number of hydrogen-bond donors (Lipinski definition) is 1. The standard InChI is InChI=1S/C16H24N2O3/c1-3-10-4-5-11(8-10)14-17-15(21-18-14)12-6-9(2)7-13(12)16(19)20/h9-13H,3-8H2,1-2H3,(H,19,20). The lowest BCUT2D eigenvalue weighted by atomic mass is 9.96. The normalized spacial score (nSPS) is 36.2. The average Bonchev–Trinajstić information content (AvgIpc) is 3.16. The third kappa shape index (κ3) is 2.83. The number of aromatic nitrogens is 2. The van der Waals surface area contributed by atoms with E-state index >= 15 is 0 Å². The summed E-state index contributed by atoms with van der Waals surface area (Å²) in [5.41, 5.74) is 0. The molecule has 2 fully saturated rings. The Balaban J connectivity index is 1.74. The molecule has 3 rings (SSSR count). The van der Waals surface area contributed by atoms with Crippen molar-refractivity contribution in [2.24, 2.45) is 17.8 Å². The molecule has 2 aliphatic rings. The molecule has 0 bridgehead atoms. The Labute approximate surface area is 125 Å². The minimum atomic E-state index is -0.740. The van der Waals surface area contributed by atoms with Gasteiger partial charge in [-0.25, -0.2) is 0 Å². The second-order valence-corrected chi connectivity index (χ2v) is 6.90. The molecule has 1 aromatic heterocycles. The molecule has 0 aliphatic heterocycles. The Morgan fingerprint density at radius 1 is 1.33 bits per heavy atom. The van der Waals surface area contributed by atoms with Gasteiger partial charge in [0.05, 0.1) is 11.8 Å². The Morgan fingerprint density at radius 2 is 2.14 bits per heavy atom. The molecule has 5 nitrogen and oxygen atoms in total. The Hall–Kier alpha value is -1.39. The Morgan fingerprint density at radius 3 is 2.81 bits per heavy atom. The van der Waals surface area contributed by atoms with E-state index in [1.807, 2.05) is 0 Å². The van der Waals surface area contributed by atoms with Crippen molar-refractivity contribution in [2.45, 2.75) is 64.2 Å². The lowest BCUT2D eigenvalue weighted by molar-refractivity contribution is -0.142. The summed E-state index contributed by atoms with van der Waals surface area (Å²) in [7, 11) is 0. The van der Waals surface area contributed by atoms with Gasteiger partial charge in [-0.2, -0.15) is 4.98 Å². The van der Waals surface area contributed by atoms with Crippen molar-refractivity contribution in [3.05, 3.63) is 11.7 Å². The molecule has 2 saturated carbocycles. The monoisotopic (exact) mass is 292 g/mol. The molecule has 2 aliphatic carbocycles. The summed E-state index contributed by atoms with van der Waals surface area (Å²) in [6.07, 6.45) is 6.26. The van der Waals surface area contributed by atoms with E-state index in [2.05, 4.69) is 24.0 Å². The van der Waals surface area contributed by atoms with Crippen molar-refractivity contribution in [1.29, 1.82) is 0 Å². The van der Waals surface area contributed by atoms with Crippen molar-refractivity contribution in [2.75, 3.05) is 0 Å². The maximum absolute atomic E-state index is 11.4. The van der Waals surface area contributed by atoms with Gasteiger partial charge < -0.3 is 9.63 Å². The smallest absolute Gasteiger partial charge is 0.307 e. The fourth-order valence-corrected chi connectivity index (χ4v) is 4.08. The number of rotatable bonds is 4. The zero-order chi connectivity index (χ0) is 15.0. The predicted molar refractivity (Wildman–Crippen MR) is 76.9 cm³/mol. The number of carboxylic acid groups (broad SMARTS) is 1. The van der Waals surface area contributed by atoms with Crippen LogP contribution in [0.3, 0.4) is 0 Å². The highest BCUT2D eigenvalue weighted by Gasteiger charge is 2.41. The van der Waals surface area contributed by atoms with Crippen LogP contribution in [0, 0.1) is 17.8 Å². The molecule has 0 radical (unpaired) electrons. The van der Waals surface area contributed by atoms with Gasteiger partial charge in [0, 0.05) is 5.92 Å². The SMILES string of the molecule is CCC1CCC(c2noc(C3CC(C)CC3C(=O)O)n2)C1. The Kier molecular flexibility index (Phi) is 4.00. The van der Waals surface area contributed by atoms with Gasteiger partial charge in [0.25, 0.3) is 0 Å². The molecule has 0 spiro atoms. The summed E-state index contributed by atoms with van der Waals surface area (Å²) < 4.78 is 5.43. The minimum Gasteiger partial charge on any atom is -0.481 e. The highest BCUT2D eigenvalue weighted by atomic mass is 16.5. The van der Waals surface area contributed by atoms with E-state index in [1.165, 1.54) is 12.8 Å². The number of carboxylic acids is 1. The first-order valence-electron chi connectivity index (χ1n) is 8.14. The van der Waals surface area contributed by atoms with Gasteiger partial charge in [-0.15, -0.1) is 0 Å². The quantitative estimate of drug-likeness (QED) is 0.918. The van der Waals surface area contributed by atoms with Crippen molar-refractivity contribution >= 4 is 5.97 Å². The molecular formula is C16H24N2O3. The van der Waals surface area contributed by atoms with Crippen LogP contribution in [0.5, 0.6) is 0 Å². The third-order valence-electron chi connectivity index (χ3n) is 5.37. The van der Waals surface area contributed by atoms with Gasteiger partial charge in [-0.1, -0.05) is 25.4 Å². The molecule has 0 aromatic carbocycles. The topological polar surface area (TPSA) is 76.2 Å². The molecular weight excluding hydrogens is 268 g/mol. The summed E-state index contributed by atoms with van der Waals surface area (Å²) in [6.45, 7) is 4.32. The fourth-order valence-electron chi connectivity index (χ4n) is 4.08. The van der Waals surface area contributed by atoms with Crippen molar-refractivity contribution in [1.82, 2.24) is 10.1 Å². The van der Waals surface area contributed by atoms with Crippen LogP contribution in [0.1, 0.15) is 75.9 Å². The van der Waals surface area contributed by atoms with Crippen molar-refractivity contribution in [3.63, 3.8) is 0 Å². The second-order valence-electron chi connectivity index (χ2n) is 6.90. The van der Waals surface area contributed by atoms with E-state index in [0.717, 1.165) is 31.0 Å². The van der Waals surface area contributed by atoms with E-state index in [-0.39, 0.29) is 11.8 Å². The number of hydrogen-bond acceptors (Lipinski definition) is 4. The van der Waals surface area contributed by atoms with Crippen LogP contribution in [0.15, 0.2) is 4.52 Å².